The third-order valence-corrected chi connectivity index (χ3v) is 2.61. The Bertz CT molecular complexity index is 513. The molecule has 2 nitrogen and oxygen atoms in total. The maximum absolute atomic E-state index is 12.9. The first-order chi connectivity index (χ1) is 8.19. The molecule has 1 heterocycles. The van der Waals surface area contributed by atoms with E-state index in [1.165, 1.54) is 12.1 Å². The van der Waals surface area contributed by atoms with E-state index >= 15 is 0 Å². The molecule has 0 unspecified atom stereocenters. The first-order valence-electron chi connectivity index (χ1n) is 5.14. The third kappa shape index (κ3) is 2.94. The summed E-state index contributed by atoms with van der Waals surface area (Å²) in [6, 6.07) is 7.94. The van der Waals surface area contributed by atoms with Crippen molar-refractivity contribution >= 4 is 11.6 Å². The van der Waals surface area contributed by atoms with Crippen LogP contribution in [0.5, 0.6) is 11.6 Å². The number of hydrogen-bond donors (Lipinski definition) is 0. The van der Waals surface area contributed by atoms with Crippen molar-refractivity contribution in [1.29, 1.82) is 0 Å². The molecule has 0 saturated carbocycles. The van der Waals surface area contributed by atoms with E-state index in [1.807, 2.05) is 6.07 Å². The number of hydrogen-bond acceptors (Lipinski definition) is 2. The Balaban J connectivity index is 2.19. The van der Waals surface area contributed by atoms with Gasteiger partial charge in [0.1, 0.15) is 11.6 Å². The predicted molar refractivity (Wildman–Crippen MR) is 65.0 cm³/mol. The van der Waals surface area contributed by atoms with Gasteiger partial charge in [0.05, 0.1) is 0 Å². The van der Waals surface area contributed by atoms with Gasteiger partial charge in [-0.05, 0) is 36.2 Å². The number of rotatable bonds is 3. The van der Waals surface area contributed by atoms with Gasteiger partial charge < -0.3 is 4.74 Å². The van der Waals surface area contributed by atoms with Crippen molar-refractivity contribution in [2.75, 3.05) is 0 Å². The summed E-state index contributed by atoms with van der Waals surface area (Å²) in [7, 11) is 0. The van der Waals surface area contributed by atoms with Crippen LogP contribution in [-0.4, -0.2) is 4.98 Å². The number of alkyl halides is 1. The fraction of sp³-hybridized carbons (Fsp3) is 0.154. The molecule has 0 aliphatic rings. The highest BCUT2D eigenvalue weighted by Crippen LogP contribution is 2.24. The second kappa shape index (κ2) is 5.15. The Kier molecular flexibility index (Phi) is 3.59. The van der Waals surface area contributed by atoms with E-state index in [2.05, 4.69) is 4.98 Å². The van der Waals surface area contributed by atoms with Gasteiger partial charge in [0.25, 0.3) is 0 Å². The molecule has 2 aromatic rings. The molecule has 0 radical (unpaired) electrons. The smallest absolute Gasteiger partial charge is 0.219 e. The molecule has 1 aromatic carbocycles. The largest absolute Gasteiger partial charge is 0.439 e. The van der Waals surface area contributed by atoms with E-state index < -0.39 is 0 Å². The maximum atomic E-state index is 12.9. The average molecular weight is 252 g/mol. The highest BCUT2D eigenvalue weighted by atomic mass is 35.5. The van der Waals surface area contributed by atoms with Gasteiger partial charge in [-0.25, -0.2) is 9.37 Å². The number of halogens is 2. The minimum absolute atomic E-state index is 0.278. The lowest BCUT2D eigenvalue weighted by atomic mass is 10.2. The van der Waals surface area contributed by atoms with Crippen molar-refractivity contribution in [3.8, 4) is 11.6 Å². The van der Waals surface area contributed by atoms with Gasteiger partial charge in [0, 0.05) is 18.1 Å². The first kappa shape index (κ1) is 11.9. The lowest BCUT2D eigenvalue weighted by Gasteiger charge is -2.07. The lowest BCUT2D eigenvalue weighted by molar-refractivity contribution is 0.457. The Morgan fingerprint density at radius 1 is 1.29 bits per heavy atom. The Hall–Kier alpha value is -1.61. The summed E-state index contributed by atoms with van der Waals surface area (Å²) >= 11 is 5.66. The van der Waals surface area contributed by atoms with Crippen molar-refractivity contribution in [2.24, 2.45) is 0 Å². The molecule has 0 spiro atoms. The summed E-state index contributed by atoms with van der Waals surface area (Å²) in [6.45, 7) is 1.78. The molecule has 0 atom stereocenters. The van der Waals surface area contributed by atoms with Crippen LogP contribution in [0.3, 0.4) is 0 Å². The van der Waals surface area contributed by atoms with Gasteiger partial charge in [0.15, 0.2) is 0 Å². The van der Waals surface area contributed by atoms with Crippen LogP contribution < -0.4 is 4.74 Å². The molecule has 4 heteroatoms. The maximum Gasteiger partial charge on any atom is 0.219 e. The SMILES string of the molecule is Cc1cc(F)ccc1Oc1ccc(CCl)cn1. The molecule has 0 aliphatic heterocycles. The monoisotopic (exact) mass is 251 g/mol. The topological polar surface area (TPSA) is 22.1 Å². The summed E-state index contributed by atoms with van der Waals surface area (Å²) in [5.74, 6) is 1.20. The summed E-state index contributed by atoms with van der Waals surface area (Å²) in [5, 5.41) is 0. The number of aromatic nitrogens is 1. The van der Waals surface area contributed by atoms with Crippen molar-refractivity contribution in [3.05, 3.63) is 53.5 Å². The summed E-state index contributed by atoms with van der Waals surface area (Å²) in [6.07, 6.45) is 1.65. The summed E-state index contributed by atoms with van der Waals surface area (Å²) in [4.78, 5) is 4.11. The first-order valence-corrected chi connectivity index (χ1v) is 5.67. The minimum atomic E-state index is -0.278. The van der Waals surface area contributed by atoms with Gasteiger partial charge in [-0.2, -0.15) is 0 Å². The van der Waals surface area contributed by atoms with Gasteiger partial charge in [0.2, 0.25) is 5.88 Å². The Morgan fingerprint density at radius 3 is 2.71 bits per heavy atom. The van der Waals surface area contributed by atoms with Crippen molar-refractivity contribution in [2.45, 2.75) is 12.8 Å². The number of nitrogens with zero attached hydrogens (tertiary/aromatic N) is 1. The average Bonchev–Trinajstić information content (AvgIpc) is 2.34. The second-order valence-corrected chi connectivity index (χ2v) is 3.92. The molecule has 88 valence electrons. The highest BCUT2D eigenvalue weighted by Gasteiger charge is 2.03. The molecule has 0 amide bonds. The molecular weight excluding hydrogens is 241 g/mol. The van der Waals surface area contributed by atoms with Crippen LogP contribution >= 0.6 is 11.6 Å². The van der Waals surface area contributed by atoms with E-state index in [9.17, 15) is 4.39 Å². The minimum Gasteiger partial charge on any atom is -0.439 e. The predicted octanol–water partition coefficient (Wildman–Crippen LogP) is 4.06. The van der Waals surface area contributed by atoms with Crippen molar-refractivity contribution in [3.63, 3.8) is 0 Å². The molecule has 0 aliphatic carbocycles. The zero-order valence-corrected chi connectivity index (χ0v) is 10.0. The van der Waals surface area contributed by atoms with E-state index in [-0.39, 0.29) is 5.82 Å². The number of benzene rings is 1. The van der Waals surface area contributed by atoms with E-state index in [0.717, 1.165) is 11.1 Å². The molecular formula is C13H11ClFNO. The zero-order valence-electron chi connectivity index (χ0n) is 9.28. The second-order valence-electron chi connectivity index (χ2n) is 3.65. The van der Waals surface area contributed by atoms with Crippen LogP contribution in [0.1, 0.15) is 11.1 Å². The van der Waals surface area contributed by atoms with Crippen LogP contribution in [0.25, 0.3) is 0 Å². The van der Waals surface area contributed by atoms with Gasteiger partial charge in [-0.15, -0.1) is 11.6 Å². The van der Waals surface area contributed by atoms with Gasteiger partial charge >= 0.3 is 0 Å². The molecule has 0 bridgehead atoms. The van der Waals surface area contributed by atoms with Crippen LogP contribution in [0.4, 0.5) is 4.39 Å². The molecule has 0 fully saturated rings. The van der Waals surface area contributed by atoms with Gasteiger partial charge in [-0.3, -0.25) is 0 Å². The summed E-state index contributed by atoms with van der Waals surface area (Å²) in [5.41, 5.74) is 1.66. The van der Waals surface area contributed by atoms with Crippen LogP contribution in [-0.2, 0) is 5.88 Å². The fourth-order valence-electron chi connectivity index (χ4n) is 1.39. The lowest BCUT2D eigenvalue weighted by Crippen LogP contribution is -1.91. The molecule has 0 N–H and O–H groups in total. The van der Waals surface area contributed by atoms with Crippen LogP contribution in [0.15, 0.2) is 36.5 Å². The Labute approximate surface area is 104 Å². The van der Waals surface area contributed by atoms with Gasteiger partial charge in [-0.1, -0.05) is 6.07 Å². The van der Waals surface area contributed by atoms with E-state index in [0.29, 0.717) is 17.5 Å². The van der Waals surface area contributed by atoms with Crippen LogP contribution in [0, 0.1) is 12.7 Å². The quantitative estimate of drug-likeness (QED) is 0.768. The number of ether oxygens (including phenoxy) is 1. The summed E-state index contributed by atoms with van der Waals surface area (Å²) < 4.78 is 18.4. The molecule has 0 saturated heterocycles. The standard InChI is InChI=1S/C13H11ClFNO/c1-9-6-11(15)3-4-12(9)17-13-5-2-10(7-14)8-16-13/h2-6,8H,7H2,1H3. The normalized spacial score (nSPS) is 10.3. The van der Waals surface area contributed by atoms with Crippen molar-refractivity contribution < 1.29 is 9.13 Å². The van der Waals surface area contributed by atoms with E-state index in [4.69, 9.17) is 16.3 Å². The van der Waals surface area contributed by atoms with E-state index in [1.54, 1.807) is 25.3 Å². The zero-order chi connectivity index (χ0) is 12.3. The highest BCUT2D eigenvalue weighted by molar-refractivity contribution is 6.17. The third-order valence-electron chi connectivity index (χ3n) is 2.30. The fourth-order valence-corrected chi connectivity index (χ4v) is 1.55. The van der Waals surface area contributed by atoms with Crippen LogP contribution in [0.2, 0.25) is 0 Å². The molecule has 1 aromatic heterocycles. The molecule has 2 rings (SSSR count). The Morgan fingerprint density at radius 2 is 2.12 bits per heavy atom. The molecule has 17 heavy (non-hydrogen) atoms. The number of aryl methyl sites for hydroxylation is 1. The van der Waals surface area contributed by atoms with Crippen molar-refractivity contribution in [1.82, 2.24) is 4.98 Å². The number of pyridine rings is 1.